The van der Waals surface area contributed by atoms with Crippen molar-refractivity contribution in [2.24, 2.45) is 0 Å². The number of hydrogen-bond donors (Lipinski definition) is 1. The maximum absolute atomic E-state index is 13.4. The molecule has 0 spiro atoms. The average molecular weight is 225 g/mol. The Hall–Kier alpha value is -1.45. The summed E-state index contributed by atoms with van der Waals surface area (Å²) in [7, 11) is 1.56. The zero-order chi connectivity index (χ0) is 11.5. The Bertz CT molecular complexity index is 370. The molecular weight excluding hydrogens is 209 g/mol. The normalized spacial score (nSPS) is 24.4. The van der Waals surface area contributed by atoms with Crippen LogP contribution < -0.4 is 15.2 Å². The molecule has 3 nitrogen and oxygen atoms in total. The van der Waals surface area contributed by atoms with Crippen LogP contribution in [-0.4, -0.2) is 19.4 Å². The van der Waals surface area contributed by atoms with Gasteiger partial charge >= 0.3 is 0 Å². The molecule has 1 aromatic rings. The molecule has 0 saturated heterocycles. The maximum atomic E-state index is 13.4. The fourth-order valence-corrected chi connectivity index (χ4v) is 1.96. The quantitative estimate of drug-likeness (QED) is 0.804. The van der Waals surface area contributed by atoms with Gasteiger partial charge in [-0.1, -0.05) is 0 Å². The molecular formula is C12H16FNO2. The molecule has 1 aliphatic rings. The molecule has 0 bridgehead atoms. The van der Waals surface area contributed by atoms with Gasteiger partial charge in [0.05, 0.1) is 7.11 Å². The van der Waals surface area contributed by atoms with Crippen LogP contribution in [0.25, 0.3) is 0 Å². The largest absolute Gasteiger partial charge is 0.493 e. The second-order valence-electron chi connectivity index (χ2n) is 4.01. The Morgan fingerprint density at radius 2 is 2.12 bits per heavy atom. The summed E-state index contributed by atoms with van der Waals surface area (Å²) in [5.74, 6) is 1.12. The number of nitrogens with two attached hydrogens (primary N) is 1. The van der Waals surface area contributed by atoms with Crippen molar-refractivity contribution < 1.29 is 13.9 Å². The number of anilines is 1. The van der Waals surface area contributed by atoms with Crippen LogP contribution in [0.15, 0.2) is 18.2 Å². The average Bonchev–Trinajstić information content (AvgIpc) is 2.65. The smallest absolute Gasteiger partial charge is 0.163 e. The van der Waals surface area contributed by atoms with Crippen molar-refractivity contribution in [3.05, 3.63) is 18.2 Å². The number of alkyl halides is 1. The Morgan fingerprint density at radius 3 is 2.75 bits per heavy atom. The number of nitrogen functional groups attached to an aromatic ring is 1. The summed E-state index contributed by atoms with van der Waals surface area (Å²) in [5, 5.41) is 0. The summed E-state index contributed by atoms with van der Waals surface area (Å²) in [6.45, 7) is 0. The van der Waals surface area contributed by atoms with Crippen LogP contribution >= 0.6 is 0 Å². The predicted molar refractivity (Wildman–Crippen MR) is 60.6 cm³/mol. The number of benzene rings is 1. The predicted octanol–water partition coefficient (Wildman–Crippen LogP) is 2.55. The molecule has 1 aliphatic carbocycles. The van der Waals surface area contributed by atoms with Gasteiger partial charge in [-0.05, 0) is 31.4 Å². The van der Waals surface area contributed by atoms with Crippen molar-refractivity contribution in [3.8, 4) is 11.5 Å². The highest BCUT2D eigenvalue weighted by atomic mass is 19.1. The SMILES string of the molecule is COc1ccc(N)cc1OC1CCCC1F. The van der Waals surface area contributed by atoms with E-state index in [-0.39, 0.29) is 6.10 Å². The Morgan fingerprint density at radius 1 is 1.31 bits per heavy atom. The van der Waals surface area contributed by atoms with Crippen LogP contribution in [0, 0.1) is 0 Å². The number of hydrogen-bond acceptors (Lipinski definition) is 3. The van der Waals surface area contributed by atoms with Gasteiger partial charge in [-0.2, -0.15) is 0 Å². The molecule has 2 atom stereocenters. The molecule has 0 aliphatic heterocycles. The Labute approximate surface area is 94.3 Å². The van der Waals surface area contributed by atoms with E-state index in [1.807, 2.05) is 0 Å². The number of ether oxygens (including phenoxy) is 2. The summed E-state index contributed by atoms with van der Waals surface area (Å²) in [6, 6.07) is 5.13. The summed E-state index contributed by atoms with van der Waals surface area (Å²) in [6.07, 6.45) is 0.951. The Kier molecular flexibility index (Phi) is 3.17. The standard InChI is InChI=1S/C12H16FNO2/c1-15-11-6-5-8(14)7-12(11)16-10-4-2-3-9(10)13/h5-7,9-10H,2-4,14H2,1H3. The molecule has 1 saturated carbocycles. The number of halogens is 1. The van der Waals surface area contributed by atoms with Gasteiger partial charge < -0.3 is 15.2 Å². The van der Waals surface area contributed by atoms with E-state index in [1.54, 1.807) is 25.3 Å². The van der Waals surface area contributed by atoms with Gasteiger partial charge in [0, 0.05) is 11.8 Å². The fraction of sp³-hybridized carbons (Fsp3) is 0.500. The van der Waals surface area contributed by atoms with Crippen molar-refractivity contribution in [2.45, 2.75) is 31.5 Å². The maximum Gasteiger partial charge on any atom is 0.163 e. The molecule has 1 aromatic carbocycles. The first-order chi connectivity index (χ1) is 7.70. The van der Waals surface area contributed by atoms with Gasteiger partial charge in [0.25, 0.3) is 0 Å². The first kappa shape index (κ1) is 11.0. The summed E-state index contributed by atoms with van der Waals surface area (Å²) < 4.78 is 24.2. The van der Waals surface area contributed by atoms with E-state index in [0.29, 0.717) is 23.6 Å². The lowest BCUT2D eigenvalue weighted by Gasteiger charge is -2.18. The van der Waals surface area contributed by atoms with E-state index in [0.717, 1.165) is 12.8 Å². The van der Waals surface area contributed by atoms with Crippen molar-refractivity contribution in [3.63, 3.8) is 0 Å². The number of rotatable bonds is 3. The minimum Gasteiger partial charge on any atom is -0.493 e. The van der Waals surface area contributed by atoms with E-state index in [1.165, 1.54) is 0 Å². The van der Waals surface area contributed by atoms with Crippen LogP contribution in [0.2, 0.25) is 0 Å². The number of methoxy groups -OCH3 is 1. The molecule has 4 heteroatoms. The van der Waals surface area contributed by atoms with Crippen molar-refractivity contribution in [1.29, 1.82) is 0 Å². The third-order valence-electron chi connectivity index (χ3n) is 2.84. The third-order valence-corrected chi connectivity index (χ3v) is 2.84. The van der Waals surface area contributed by atoms with Crippen LogP contribution in [0.4, 0.5) is 10.1 Å². The highest BCUT2D eigenvalue weighted by Gasteiger charge is 2.29. The van der Waals surface area contributed by atoms with Gasteiger partial charge in [0.2, 0.25) is 0 Å². The summed E-state index contributed by atoms with van der Waals surface area (Å²) in [5.41, 5.74) is 6.25. The zero-order valence-electron chi connectivity index (χ0n) is 9.28. The van der Waals surface area contributed by atoms with E-state index >= 15 is 0 Å². The molecule has 0 aromatic heterocycles. The molecule has 0 heterocycles. The minimum absolute atomic E-state index is 0.365. The van der Waals surface area contributed by atoms with Gasteiger partial charge in [0.1, 0.15) is 12.3 Å². The fourth-order valence-electron chi connectivity index (χ4n) is 1.96. The molecule has 0 radical (unpaired) electrons. The topological polar surface area (TPSA) is 44.5 Å². The lowest BCUT2D eigenvalue weighted by atomic mass is 10.2. The summed E-state index contributed by atoms with van der Waals surface area (Å²) >= 11 is 0. The highest BCUT2D eigenvalue weighted by molar-refractivity contribution is 5.52. The van der Waals surface area contributed by atoms with Crippen LogP contribution in [0.1, 0.15) is 19.3 Å². The highest BCUT2D eigenvalue weighted by Crippen LogP contribution is 2.33. The van der Waals surface area contributed by atoms with E-state index in [9.17, 15) is 4.39 Å². The molecule has 0 amide bonds. The van der Waals surface area contributed by atoms with E-state index in [4.69, 9.17) is 15.2 Å². The van der Waals surface area contributed by atoms with E-state index < -0.39 is 6.17 Å². The molecule has 88 valence electrons. The monoisotopic (exact) mass is 225 g/mol. The van der Waals surface area contributed by atoms with Crippen LogP contribution in [0.5, 0.6) is 11.5 Å². The summed E-state index contributed by atoms with van der Waals surface area (Å²) in [4.78, 5) is 0. The molecule has 2 N–H and O–H groups in total. The molecule has 2 rings (SSSR count). The second kappa shape index (κ2) is 4.60. The molecule has 1 fully saturated rings. The lowest BCUT2D eigenvalue weighted by molar-refractivity contribution is 0.122. The van der Waals surface area contributed by atoms with Crippen molar-refractivity contribution in [2.75, 3.05) is 12.8 Å². The van der Waals surface area contributed by atoms with Crippen molar-refractivity contribution >= 4 is 5.69 Å². The first-order valence-electron chi connectivity index (χ1n) is 5.45. The Balaban J connectivity index is 2.16. The van der Waals surface area contributed by atoms with Gasteiger partial charge in [-0.25, -0.2) is 4.39 Å². The van der Waals surface area contributed by atoms with Crippen LogP contribution in [0.3, 0.4) is 0 Å². The minimum atomic E-state index is -0.883. The lowest BCUT2D eigenvalue weighted by Crippen LogP contribution is -2.22. The molecule has 2 unspecified atom stereocenters. The van der Waals surface area contributed by atoms with Crippen molar-refractivity contribution in [1.82, 2.24) is 0 Å². The second-order valence-corrected chi connectivity index (χ2v) is 4.01. The first-order valence-corrected chi connectivity index (χ1v) is 5.45. The third kappa shape index (κ3) is 2.21. The van der Waals surface area contributed by atoms with E-state index in [2.05, 4.69) is 0 Å². The molecule has 16 heavy (non-hydrogen) atoms. The van der Waals surface area contributed by atoms with Crippen LogP contribution in [-0.2, 0) is 0 Å². The van der Waals surface area contributed by atoms with Gasteiger partial charge in [-0.15, -0.1) is 0 Å². The van der Waals surface area contributed by atoms with Gasteiger partial charge in [-0.3, -0.25) is 0 Å². The zero-order valence-corrected chi connectivity index (χ0v) is 9.28. The van der Waals surface area contributed by atoms with Gasteiger partial charge in [0.15, 0.2) is 11.5 Å².